The summed E-state index contributed by atoms with van der Waals surface area (Å²) in [6, 6.07) is 3.16. The second-order valence-corrected chi connectivity index (χ2v) is 6.13. The molecule has 18 heavy (non-hydrogen) atoms. The molecule has 1 atom stereocenters. The predicted molar refractivity (Wildman–Crippen MR) is 67.6 cm³/mol. The zero-order valence-electron chi connectivity index (χ0n) is 10.9. The summed E-state index contributed by atoms with van der Waals surface area (Å²) >= 11 is 0. The number of rotatable bonds is 5. The van der Waals surface area contributed by atoms with Crippen molar-refractivity contribution in [2.45, 2.75) is 31.7 Å². The molecule has 0 bridgehead atoms. The standard InChI is InChI=1S/C12H18FNO3S/c1-8(2)9(3)14-18(15,16)12-7-10(13)5-6-11(12)17-4/h5-9,14H,1-4H3/t9-/m1/s1. The molecule has 1 N–H and O–H groups in total. The van der Waals surface area contributed by atoms with Crippen LogP contribution in [0, 0.1) is 11.7 Å². The third-order valence-electron chi connectivity index (χ3n) is 2.76. The van der Waals surface area contributed by atoms with Gasteiger partial charge in [-0.05, 0) is 31.0 Å². The highest BCUT2D eigenvalue weighted by atomic mass is 32.2. The van der Waals surface area contributed by atoms with Crippen LogP contribution in [-0.4, -0.2) is 21.6 Å². The smallest absolute Gasteiger partial charge is 0.244 e. The Bertz CT molecular complexity index is 514. The van der Waals surface area contributed by atoms with Crippen LogP contribution in [0.1, 0.15) is 20.8 Å². The van der Waals surface area contributed by atoms with Gasteiger partial charge in [0.2, 0.25) is 10.0 Å². The van der Waals surface area contributed by atoms with Gasteiger partial charge in [-0.3, -0.25) is 0 Å². The third kappa shape index (κ3) is 3.43. The number of methoxy groups -OCH3 is 1. The minimum atomic E-state index is -3.78. The van der Waals surface area contributed by atoms with Crippen molar-refractivity contribution in [3.63, 3.8) is 0 Å². The van der Waals surface area contributed by atoms with Gasteiger partial charge in [0.05, 0.1) is 7.11 Å². The average Bonchev–Trinajstić information content (AvgIpc) is 2.28. The maximum atomic E-state index is 13.2. The van der Waals surface area contributed by atoms with Crippen LogP contribution in [0.15, 0.2) is 23.1 Å². The van der Waals surface area contributed by atoms with Crippen LogP contribution in [-0.2, 0) is 10.0 Å². The van der Waals surface area contributed by atoms with E-state index in [1.807, 2.05) is 13.8 Å². The van der Waals surface area contributed by atoms with Gasteiger partial charge in [0.15, 0.2) is 0 Å². The summed E-state index contributed by atoms with van der Waals surface area (Å²) < 4.78 is 44.8. The van der Waals surface area contributed by atoms with Crippen LogP contribution in [0.2, 0.25) is 0 Å². The Morgan fingerprint density at radius 3 is 2.39 bits per heavy atom. The summed E-state index contributed by atoms with van der Waals surface area (Å²) in [7, 11) is -2.44. The van der Waals surface area contributed by atoms with Crippen molar-refractivity contribution >= 4 is 10.0 Å². The largest absolute Gasteiger partial charge is 0.495 e. The normalized spacial score (nSPS) is 13.7. The van der Waals surface area contributed by atoms with Gasteiger partial charge in [-0.2, -0.15) is 0 Å². The van der Waals surface area contributed by atoms with E-state index >= 15 is 0 Å². The van der Waals surface area contributed by atoms with Crippen LogP contribution >= 0.6 is 0 Å². The lowest BCUT2D eigenvalue weighted by Crippen LogP contribution is -2.36. The van der Waals surface area contributed by atoms with E-state index < -0.39 is 15.8 Å². The molecular weight excluding hydrogens is 257 g/mol. The van der Waals surface area contributed by atoms with Crippen molar-refractivity contribution in [3.05, 3.63) is 24.0 Å². The first-order valence-corrected chi connectivity index (χ1v) is 7.12. The van der Waals surface area contributed by atoms with Crippen LogP contribution in [0.3, 0.4) is 0 Å². The predicted octanol–water partition coefficient (Wildman–Crippen LogP) is 2.16. The fourth-order valence-electron chi connectivity index (χ4n) is 1.30. The summed E-state index contributed by atoms with van der Waals surface area (Å²) in [5, 5.41) is 0. The minimum absolute atomic E-state index is 0.125. The van der Waals surface area contributed by atoms with Gasteiger partial charge < -0.3 is 4.74 Å². The number of nitrogens with one attached hydrogen (secondary N) is 1. The summed E-state index contributed by atoms with van der Waals surface area (Å²) in [6.07, 6.45) is 0. The Kier molecular flexibility index (Phi) is 4.70. The topological polar surface area (TPSA) is 55.4 Å². The van der Waals surface area contributed by atoms with Crippen molar-refractivity contribution in [2.75, 3.05) is 7.11 Å². The molecule has 0 radical (unpaired) electrons. The first-order valence-electron chi connectivity index (χ1n) is 5.64. The monoisotopic (exact) mass is 275 g/mol. The first-order chi connectivity index (χ1) is 8.27. The molecule has 0 aliphatic heterocycles. The molecule has 0 fully saturated rings. The summed E-state index contributed by atoms with van der Waals surface area (Å²) in [5.74, 6) is -0.354. The summed E-state index contributed by atoms with van der Waals surface area (Å²) in [4.78, 5) is -0.183. The molecule has 4 nitrogen and oxygen atoms in total. The maximum absolute atomic E-state index is 13.2. The van der Waals surface area contributed by atoms with Crippen LogP contribution in [0.5, 0.6) is 5.75 Å². The van der Waals surface area contributed by atoms with Gasteiger partial charge in [-0.25, -0.2) is 17.5 Å². The number of hydrogen-bond donors (Lipinski definition) is 1. The Labute approximate surface area is 107 Å². The number of halogens is 1. The second kappa shape index (κ2) is 5.67. The van der Waals surface area contributed by atoms with E-state index in [0.29, 0.717) is 0 Å². The average molecular weight is 275 g/mol. The fraction of sp³-hybridized carbons (Fsp3) is 0.500. The molecule has 0 saturated heterocycles. The molecule has 0 aliphatic carbocycles. The maximum Gasteiger partial charge on any atom is 0.244 e. The summed E-state index contributed by atoms with van der Waals surface area (Å²) in [5.41, 5.74) is 0. The quantitative estimate of drug-likeness (QED) is 0.896. The second-order valence-electron chi connectivity index (χ2n) is 4.45. The van der Waals surface area contributed by atoms with Crippen molar-refractivity contribution in [2.24, 2.45) is 5.92 Å². The molecule has 6 heteroatoms. The van der Waals surface area contributed by atoms with Gasteiger partial charge in [0, 0.05) is 6.04 Å². The number of hydrogen-bond acceptors (Lipinski definition) is 3. The molecule has 0 saturated carbocycles. The molecule has 0 aromatic heterocycles. The zero-order chi connectivity index (χ0) is 13.9. The molecule has 1 aromatic rings. The van der Waals surface area contributed by atoms with Gasteiger partial charge >= 0.3 is 0 Å². The Morgan fingerprint density at radius 2 is 1.89 bits per heavy atom. The highest BCUT2D eigenvalue weighted by molar-refractivity contribution is 7.89. The van der Waals surface area contributed by atoms with Gasteiger partial charge in [0.25, 0.3) is 0 Å². The van der Waals surface area contributed by atoms with E-state index in [-0.39, 0.29) is 22.6 Å². The van der Waals surface area contributed by atoms with Gasteiger partial charge in [-0.1, -0.05) is 13.8 Å². The lowest BCUT2D eigenvalue weighted by Gasteiger charge is -2.18. The van der Waals surface area contributed by atoms with E-state index in [4.69, 9.17) is 4.74 Å². The van der Waals surface area contributed by atoms with Gasteiger partial charge in [-0.15, -0.1) is 0 Å². The Morgan fingerprint density at radius 1 is 1.28 bits per heavy atom. The zero-order valence-corrected chi connectivity index (χ0v) is 11.7. The van der Waals surface area contributed by atoms with E-state index in [2.05, 4.69) is 4.72 Å². The molecular formula is C12H18FNO3S. The number of ether oxygens (including phenoxy) is 1. The fourth-order valence-corrected chi connectivity index (χ4v) is 2.88. The van der Waals surface area contributed by atoms with Crippen molar-refractivity contribution in [3.8, 4) is 5.75 Å². The van der Waals surface area contributed by atoms with Crippen LogP contribution < -0.4 is 9.46 Å². The van der Waals surface area contributed by atoms with E-state index in [0.717, 1.165) is 12.1 Å². The first kappa shape index (κ1) is 14.9. The minimum Gasteiger partial charge on any atom is -0.495 e. The Balaban J connectivity index is 3.15. The lowest BCUT2D eigenvalue weighted by atomic mass is 10.1. The van der Waals surface area contributed by atoms with Gasteiger partial charge in [0.1, 0.15) is 16.5 Å². The molecule has 0 aliphatic rings. The summed E-state index contributed by atoms with van der Waals surface area (Å²) in [6.45, 7) is 5.56. The van der Waals surface area contributed by atoms with Crippen LogP contribution in [0.4, 0.5) is 4.39 Å². The molecule has 0 unspecified atom stereocenters. The molecule has 102 valence electrons. The Hall–Kier alpha value is -1.14. The number of benzene rings is 1. The van der Waals surface area contributed by atoms with Crippen molar-refractivity contribution in [1.82, 2.24) is 4.72 Å². The highest BCUT2D eigenvalue weighted by Crippen LogP contribution is 2.24. The van der Waals surface area contributed by atoms with E-state index in [1.165, 1.54) is 13.2 Å². The van der Waals surface area contributed by atoms with E-state index in [1.54, 1.807) is 6.92 Å². The third-order valence-corrected chi connectivity index (χ3v) is 4.34. The molecule has 0 spiro atoms. The van der Waals surface area contributed by atoms with Crippen LogP contribution in [0.25, 0.3) is 0 Å². The SMILES string of the molecule is COc1ccc(F)cc1S(=O)(=O)N[C@H](C)C(C)C. The lowest BCUT2D eigenvalue weighted by molar-refractivity contribution is 0.399. The van der Waals surface area contributed by atoms with E-state index in [9.17, 15) is 12.8 Å². The molecule has 0 amide bonds. The highest BCUT2D eigenvalue weighted by Gasteiger charge is 2.23. The van der Waals surface area contributed by atoms with Crippen molar-refractivity contribution in [1.29, 1.82) is 0 Å². The van der Waals surface area contributed by atoms with Crippen molar-refractivity contribution < 1.29 is 17.5 Å². The molecule has 1 aromatic carbocycles. The number of sulfonamides is 1. The molecule has 0 heterocycles. The molecule has 1 rings (SSSR count).